The van der Waals surface area contributed by atoms with Gasteiger partial charge in [0.25, 0.3) is 0 Å². The number of esters is 1. The van der Waals surface area contributed by atoms with Gasteiger partial charge in [-0.3, -0.25) is 4.79 Å². The van der Waals surface area contributed by atoms with Gasteiger partial charge in [0.15, 0.2) is 0 Å². The van der Waals surface area contributed by atoms with Gasteiger partial charge in [0, 0.05) is 12.3 Å². The molecule has 5 heteroatoms. The highest BCUT2D eigenvalue weighted by atomic mass is 32.2. The van der Waals surface area contributed by atoms with Crippen LogP contribution in [0.3, 0.4) is 0 Å². The average molecular weight is 235 g/mol. The molecule has 0 aromatic carbocycles. The molecule has 0 fully saturated rings. The first kappa shape index (κ1) is 14.7. The van der Waals surface area contributed by atoms with Crippen LogP contribution in [0.5, 0.6) is 0 Å². The Labute approximate surface area is 95.8 Å². The normalized spacial score (nSPS) is 16.9. The molecule has 90 valence electrons. The number of ether oxygens (including phenoxy) is 1. The van der Waals surface area contributed by atoms with Gasteiger partial charge in [-0.05, 0) is 27.0 Å². The Bertz CT molecular complexity index is 197. The van der Waals surface area contributed by atoms with Gasteiger partial charge in [-0.1, -0.05) is 0 Å². The van der Waals surface area contributed by atoms with Crippen molar-refractivity contribution in [1.82, 2.24) is 5.32 Å². The van der Waals surface area contributed by atoms with Crippen LogP contribution in [-0.4, -0.2) is 47.9 Å². The molecule has 2 atom stereocenters. The summed E-state index contributed by atoms with van der Waals surface area (Å²) in [7, 11) is 0. The standard InChI is InChI=1S/C10H21NO3S/c1-5-14-9(12)8(2)11-6-10(3,13)7-15-4/h8,11,13H,5-7H2,1-4H3. The summed E-state index contributed by atoms with van der Waals surface area (Å²) in [6.07, 6.45) is 1.93. The zero-order valence-electron chi connectivity index (χ0n) is 9.87. The number of aliphatic hydroxyl groups is 1. The Morgan fingerprint density at radius 1 is 1.67 bits per heavy atom. The fraction of sp³-hybridized carbons (Fsp3) is 0.900. The minimum Gasteiger partial charge on any atom is -0.465 e. The first-order valence-electron chi connectivity index (χ1n) is 5.04. The van der Waals surface area contributed by atoms with Gasteiger partial charge in [-0.2, -0.15) is 11.8 Å². The summed E-state index contributed by atoms with van der Waals surface area (Å²) in [6, 6.07) is -0.377. The molecule has 15 heavy (non-hydrogen) atoms. The quantitative estimate of drug-likeness (QED) is 0.634. The molecule has 0 amide bonds. The third-order valence-electron chi connectivity index (χ3n) is 1.88. The van der Waals surface area contributed by atoms with Crippen LogP contribution in [-0.2, 0) is 9.53 Å². The van der Waals surface area contributed by atoms with Crippen LogP contribution in [0.2, 0.25) is 0 Å². The van der Waals surface area contributed by atoms with Gasteiger partial charge in [-0.15, -0.1) is 0 Å². The molecule has 0 rings (SSSR count). The number of carbonyl (C=O) groups excluding carboxylic acids is 1. The fourth-order valence-electron chi connectivity index (χ4n) is 1.09. The summed E-state index contributed by atoms with van der Waals surface area (Å²) >= 11 is 1.57. The second kappa shape index (κ2) is 7.09. The maximum atomic E-state index is 11.2. The Morgan fingerprint density at radius 3 is 2.73 bits per heavy atom. The van der Waals surface area contributed by atoms with Crippen molar-refractivity contribution in [3.63, 3.8) is 0 Å². The minimum atomic E-state index is -0.791. The van der Waals surface area contributed by atoms with Crippen LogP contribution in [0, 0.1) is 0 Å². The highest BCUT2D eigenvalue weighted by Gasteiger charge is 2.22. The van der Waals surface area contributed by atoms with E-state index in [0.29, 0.717) is 18.9 Å². The molecule has 0 aliphatic rings. The molecule has 0 saturated carbocycles. The topological polar surface area (TPSA) is 58.6 Å². The second-order valence-electron chi connectivity index (χ2n) is 3.78. The number of hydrogen-bond donors (Lipinski definition) is 2. The van der Waals surface area contributed by atoms with Gasteiger partial charge in [0.2, 0.25) is 0 Å². The lowest BCUT2D eigenvalue weighted by atomic mass is 10.1. The van der Waals surface area contributed by atoms with Crippen LogP contribution in [0.4, 0.5) is 0 Å². The van der Waals surface area contributed by atoms with E-state index in [9.17, 15) is 9.90 Å². The van der Waals surface area contributed by atoms with Gasteiger partial charge in [0.05, 0.1) is 12.2 Å². The minimum absolute atomic E-state index is 0.280. The molecule has 4 nitrogen and oxygen atoms in total. The van der Waals surface area contributed by atoms with Gasteiger partial charge in [0.1, 0.15) is 6.04 Å². The number of nitrogens with one attached hydrogen (secondary N) is 1. The van der Waals surface area contributed by atoms with Crippen LogP contribution in [0.15, 0.2) is 0 Å². The van der Waals surface area contributed by atoms with Gasteiger partial charge >= 0.3 is 5.97 Å². The van der Waals surface area contributed by atoms with Crippen LogP contribution in [0.25, 0.3) is 0 Å². The van der Waals surface area contributed by atoms with Crippen molar-refractivity contribution in [2.24, 2.45) is 0 Å². The molecule has 0 aliphatic carbocycles. The zero-order chi connectivity index (χ0) is 11.9. The van der Waals surface area contributed by atoms with Crippen LogP contribution < -0.4 is 5.32 Å². The molecule has 2 unspecified atom stereocenters. The lowest BCUT2D eigenvalue weighted by Crippen LogP contribution is -2.46. The molecular weight excluding hydrogens is 214 g/mol. The van der Waals surface area contributed by atoms with E-state index in [1.165, 1.54) is 0 Å². The largest absolute Gasteiger partial charge is 0.465 e. The van der Waals surface area contributed by atoms with Crippen molar-refractivity contribution in [1.29, 1.82) is 0 Å². The molecule has 0 bridgehead atoms. The van der Waals surface area contributed by atoms with E-state index in [1.54, 1.807) is 32.5 Å². The Hall–Kier alpha value is -0.260. The first-order valence-corrected chi connectivity index (χ1v) is 6.43. The maximum Gasteiger partial charge on any atom is 0.322 e. The molecule has 0 aromatic rings. The highest BCUT2D eigenvalue weighted by Crippen LogP contribution is 2.09. The Balaban J connectivity index is 3.88. The van der Waals surface area contributed by atoms with E-state index < -0.39 is 5.60 Å². The monoisotopic (exact) mass is 235 g/mol. The van der Waals surface area contributed by atoms with Crippen LogP contribution >= 0.6 is 11.8 Å². The molecular formula is C10H21NO3S. The Kier molecular flexibility index (Phi) is 6.96. The third kappa shape index (κ3) is 6.76. The lowest BCUT2D eigenvalue weighted by Gasteiger charge is -2.24. The number of hydrogen-bond acceptors (Lipinski definition) is 5. The van der Waals surface area contributed by atoms with E-state index in [0.717, 1.165) is 0 Å². The molecule has 0 spiro atoms. The van der Waals surface area contributed by atoms with E-state index in [-0.39, 0.29) is 12.0 Å². The summed E-state index contributed by atoms with van der Waals surface area (Å²) in [5, 5.41) is 12.8. The highest BCUT2D eigenvalue weighted by molar-refractivity contribution is 7.98. The van der Waals surface area contributed by atoms with E-state index in [4.69, 9.17) is 4.74 Å². The molecule has 2 N–H and O–H groups in total. The van der Waals surface area contributed by atoms with Crippen molar-refractivity contribution >= 4 is 17.7 Å². The zero-order valence-corrected chi connectivity index (χ0v) is 10.7. The SMILES string of the molecule is CCOC(=O)C(C)NCC(C)(O)CSC. The van der Waals surface area contributed by atoms with Crippen molar-refractivity contribution in [2.75, 3.05) is 25.2 Å². The van der Waals surface area contributed by atoms with Crippen LogP contribution in [0.1, 0.15) is 20.8 Å². The molecule has 0 radical (unpaired) electrons. The Morgan fingerprint density at radius 2 is 2.27 bits per heavy atom. The summed E-state index contributed by atoms with van der Waals surface area (Å²) < 4.78 is 4.84. The molecule has 0 aromatic heterocycles. The maximum absolute atomic E-state index is 11.2. The smallest absolute Gasteiger partial charge is 0.322 e. The van der Waals surface area contributed by atoms with Crippen molar-refractivity contribution < 1.29 is 14.6 Å². The number of carbonyl (C=O) groups is 1. The van der Waals surface area contributed by atoms with E-state index >= 15 is 0 Å². The molecule has 0 aliphatic heterocycles. The van der Waals surface area contributed by atoms with Gasteiger partial charge in [-0.25, -0.2) is 0 Å². The summed E-state index contributed by atoms with van der Waals surface area (Å²) in [5.41, 5.74) is -0.791. The molecule has 0 saturated heterocycles. The average Bonchev–Trinajstić information content (AvgIpc) is 2.14. The van der Waals surface area contributed by atoms with E-state index in [1.807, 2.05) is 6.26 Å². The second-order valence-corrected chi connectivity index (χ2v) is 4.65. The van der Waals surface area contributed by atoms with Crippen molar-refractivity contribution in [3.8, 4) is 0 Å². The summed E-state index contributed by atoms with van der Waals surface area (Å²) in [4.78, 5) is 11.2. The fourth-order valence-corrected chi connectivity index (χ4v) is 1.81. The number of thioether (sulfide) groups is 1. The van der Waals surface area contributed by atoms with Crippen molar-refractivity contribution in [2.45, 2.75) is 32.4 Å². The third-order valence-corrected chi connectivity index (χ3v) is 2.80. The van der Waals surface area contributed by atoms with Crippen molar-refractivity contribution in [3.05, 3.63) is 0 Å². The number of rotatable bonds is 7. The first-order chi connectivity index (χ1) is 6.93. The summed E-state index contributed by atoms with van der Waals surface area (Å²) in [6.45, 7) is 6.01. The molecule has 0 heterocycles. The predicted molar refractivity (Wildman–Crippen MR) is 63.1 cm³/mol. The van der Waals surface area contributed by atoms with Gasteiger partial charge < -0.3 is 15.2 Å². The van der Waals surface area contributed by atoms with E-state index in [2.05, 4.69) is 5.32 Å². The summed E-state index contributed by atoms with van der Waals surface area (Å²) in [5.74, 6) is 0.354. The lowest BCUT2D eigenvalue weighted by molar-refractivity contribution is -0.145. The predicted octanol–water partition coefficient (Wildman–Crippen LogP) is 0.642.